The number of nitrogens with zero attached hydrogens (tertiary/aromatic N) is 1. The van der Waals surface area contributed by atoms with Crippen molar-refractivity contribution in [3.05, 3.63) is 0 Å². The van der Waals surface area contributed by atoms with E-state index in [9.17, 15) is 5.11 Å². The molecule has 0 amide bonds. The Morgan fingerprint density at radius 2 is 1.88 bits per heavy atom. The smallest absolute Gasteiger partial charge is 0.0611 e. The van der Waals surface area contributed by atoms with Crippen molar-refractivity contribution in [2.75, 3.05) is 26.7 Å². The molecule has 0 aliphatic carbocycles. The van der Waals surface area contributed by atoms with Gasteiger partial charge in [0.15, 0.2) is 0 Å². The molecule has 0 bridgehead atoms. The van der Waals surface area contributed by atoms with Crippen LogP contribution in [0.1, 0.15) is 40.5 Å². The summed E-state index contributed by atoms with van der Waals surface area (Å²) in [5, 5.41) is 12.7. The van der Waals surface area contributed by atoms with E-state index in [1.54, 1.807) is 0 Å². The fourth-order valence-electron chi connectivity index (χ4n) is 3.10. The number of aliphatic hydroxyl groups excluding tert-OH is 1. The molecule has 0 aromatic rings. The maximum atomic E-state index is 9.46. The van der Waals surface area contributed by atoms with Crippen molar-refractivity contribution >= 4 is 0 Å². The number of likely N-dealkylation sites (N-methyl/N-ethyl adjacent to an activating group) is 1. The Bertz CT molecular complexity index is 218. The first kappa shape index (κ1) is 14.9. The first-order chi connectivity index (χ1) is 7.90. The summed E-state index contributed by atoms with van der Waals surface area (Å²) in [5.74, 6) is 1.60. The maximum Gasteiger partial charge on any atom is 0.0611 e. The molecule has 0 aromatic heterocycles. The Morgan fingerprint density at radius 3 is 2.29 bits per heavy atom. The molecule has 1 saturated heterocycles. The maximum absolute atomic E-state index is 9.46. The van der Waals surface area contributed by atoms with Crippen LogP contribution in [-0.4, -0.2) is 48.3 Å². The second kappa shape index (κ2) is 6.17. The highest BCUT2D eigenvalue weighted by Gasteiger charge is 2.30. The summed E-state index contributed by atoms with van der Waals surface area (Å²) in [6.07, 6.45) is 2.35. The fraction of sp³-hybridized carbons (Fsp3) is 1.00. The van der Waals surface area contributed by atoms with E-state index in [2.05, 4.69) is 37.9 Å². The van der Waals surface area contributed by atoms with Crippen LogP contribution in [0.5, 0.6) is 0 Å². The lowest BCUT2D eigenvalue weighted by Gasteiger charge is -2.41. The Kier molecular flexibility index (Phi) is 5.42. The highest BCUT2D eigenvalue weighted by molar-refractivity contribution is 4.88. The lowest BCUT2D eigenvalue weighted by atomic mass is 9.88. The zero-order chi connectivity index (χ0) is 13.1. The van der Waals surface area contributed by atoms with Crippen LogP contribution >= 0.6 is 0 Å². The monoisotopic (exact) mass is 242 g/mol. The van der Waals surface area contributed by atoms with Crippen LogP contribution in [0, 0.1) is 11.8 Å². The molecule has 1 fully saturated rings. The van der Waals surface area contributed by atoms with Crippen molar-refractivity contribution in [3.63, 3.8) is 0 Å². The van der Waals surface area contributed by atoms with Crippen molar-refractivity contribution in [2.45, 2.75) is 52.1 Å². The molecule has 0 saturated carbocycles. The van der Waals surface area contributed by atoms with Gasteiger partial charge in [0.2, 0.25) is 0 Å². The second-order valence-electron chi connectivity index (χ2n) is 6.42. The number of rotatable bonds is 5. The van der Waals surface area contributed by atoms with Crippen molar-refractivity contribution in [2.24, 2.45) is 11.8 Å². The summed E-state index contributed by atoms with van der Waals surface area (Å²) in [6.45, 7) is 11.7. The number of piperidine rings is 1. The minimum Gasteiger partial charge on any atom is -0.394 e. The Hall–Kier alpha value is -0.120. The van der Waals surface area contributed by atoms with Crippen LogP contribution in [0.2, 0.25) is 0 Å². The van der Waals surface area contributed by atoms with Gasteiger partial charge in [0.1, 0.15) is 0 Å². The quantitative estimate of drug-likeness (QED) is 0.770. The molecule has 1 rings (SSSR count). The van der Waals surface area contributed by atoms with E-state index >= 15 is 0 Å². The van der Waals surface area contributed by atoms with Crippen LogP contribution in [0.15, 0.2) is 0 Å². The highest BCUT2D eigenvalue weighted by atomic mass is 16.3. The molecule has 0 aromatic carbocycles. The number of nitrogens with one attached hydrogen (secondary N) is 1. The predicted octanol–water partition coefficient (Wildman–Crippen LogP) is 1.71. The zero-order valence-electron chi connectivity index (χ0n) is 12.2. The van der Waals surface area contributed by atoms with Crippen LogP contribution in [0.3, 0.4) is 0 Å². The van der Waals surface area contributed by atoms with Gasteiger partial charge in [-0.05, 0) is 45.6 Å². The highest BCUT2D eigenvalue weighted by Crippen LogP contribution is 2.25. The molecule has 0 radical (unpaired) electrons. The SMILES string of the molecule is CNC(C)(CO)CC(C)N1CC(C)CC(C)C1. The van der Waals surface area contributed by atoms with Crippen molar-refractivity contribution < 1.29 is 5.11 Å². The summed E-state index contributed by atoms with van der Waals surface area (Å²) >= 11 is 0. The summed E-state index contributed by atoms with van der Waals surface area (Å²) in [7, 11) is 1.93. The molecular weight excluding hydrogens is 212 g/mol. The van der Waals surface area contributed by atoms with Crippen LogP contribution in [-0.2, 0) is 0 Å². The fourth-order valence-corrected chi connectivity index (χ4v) is 3.10. The summed E-state index contributed by atoms with van der Waals surface area (Å²) in [4.78, 5) is 2.59. The third kappa shape index (κ3) is 4.23. The largest absolute Gasteiger partial charge is 0.394 e. The minimum absolute atomic E-state index is 0.149. The van der Waals surface area contributed by atoms with Gasteiger partial charge >= 0.3 is 0 Å². The molecule has 4 unspecified atom stereocenters. The van der Waals surface area contributed by atoms with Gasteiger partial charge in [-0.2, -0.15) is 0 Å². The Balaban J connectivity index is 2.54. The van der Waals surface area contributed by atoms with E-state index in [4.69, 9.17) is 0 Å². The predicted molar refractivity (Wildman–Crippen MR) is 73.1 cm³/mol. The topological polar surface area (TPSA) is 35.5 Å². The van der Waals surface area contributed by atoms with Gasteiger partial charge in [0, 0.05) is 24.7 Å². The van der Waals surface area contributed by atoms with Gasteiger partial charge in [-0.25, -0.2) is 0 Å². The second-order valence-corrected chi connectivity index (χ2v) is 6.42. The zero-order valence-corrected chi connectivity index (χ0v) is 12.2. The molecule has 4 atom stereocenters. The van der Waals surface area contributed by atoms with Gasteiger partial charge in [-0.15, -0.1) is 0 Å². The molecule has 1 heterocycles. The third-order valence-corrected chi connectivity index (χ3v) is 4.22. The lowest BCUT2D eigenvalue weighted by Crippen LogP contribution is -2.51. The van der Waals surface area contributed by atoms with Gasteiger partial charge in [0.05, 0.1) is 6.61 Å². The molecule has 102 valence electrons. The van der Waals surface area contributed by atoms with Crippen LogP contribution < -0.4 is 5.32 Å². The number of likely N-dealkylation sites (tertiary alicyclic amines) is 1. The molecule has 17 heavy (non-hydrogen) atoms. The minimum atomic E-state index is -0.149. The summed E-state index contributed by atoms with van der Waals surface area (Å²) in [5.41, 5.74) is -0.149. The first-order valence-electron chi connectivity index (χ1n) is 6.94. The average Bonchev–Trinajstić information content (AvgIpc) is 2.27. The van der Waals surface area contributed by atoms with Crippen molar-refractivity contribution in [3.8, 4) is 0 Å². The average molecular weight is 242 g/mol. The van der Waals surface area contributed by atoms with Gasteiger partial charge in [0.25, 0.3) is 0 Å². The van der Waals surface area contributed by atoms with E-state index < -0.39 is 0 Å². The Morgan fingerprint density at radius 1 is 1.35 bits per heavy atom. The molecule has 3 heteroatoms. The number of hydrogen-bond donors (Lipinski definition) is 2. The van der Waals surface area contributed by atoms with E-state index in [0.29, 0.717) is 6.04 Å². The number of aliphatic hydroxyl groups is 1. The van der Waals surface area contributed by atoms with E-state index in [1.165, 1.54) is 19.5 Å². The molecule has 3 nitrogen and oxygen atoms in total. The van der Waals surface area contributed by atoms with E-state index in [-0.39, 0.29) is 12.1 Å². The number of hydrogen-bond acceptors (Lipinski definition) is 3. The van der Waals surface area contributed by atoms with E-state index in [1.807, 2.05) is 7.05 Å². The van der Waals surface area contributed by atoms with Crippen molar-refractivity contribution in [1.82, 2.24) is 10.2 Å². The lowest BCUT2D eigenvalue weighted by molar-refractivity contribution is 0.0705. The van der Waals surface area contributed by atoms with Crippen LogP contribution in [0.4, 0.5) is 0 Å². The molecular formula is C14H30N2O. The molecule has 2 N–H and O–H groups in total. The summed E-state index contributed by atoms with van der Waals surface area (Å²) < 4.78 is 0. The molecule has 0 spiro atoms. The molecule has 1 aliphatic heterocycles. The standard InChI is InChI=1S/C14H30N2O/c1-11-6-12(2)9-16(8-11)13(3)7-14(4,10-17)15-5/h11-13,15,17H,6-10H2,1-5H3. The third-order valence-electron chi connectivity index (χ3n) is 4.22. The van der Waals surface area contributed by atoms with Crippen molar-refractivity contribution in [1.29, 1.82) is 0 Å². The first-order valence-corrected chi connectivity index (χ1v) is 6.94. The van der Waals surface area contributed by atoms with Gasteiger partial charge in [-0.3, -0.25) is 0 Å². The normalized spacial score (nSPS) is 32.1. The Labute approximate surface area is 107 Å². The molecule has 1 aliphatic rings. The summed E-state index contributed by atoms with van der Waals surface area (Å²) in [6, 6.07) is 0.532. The van der Waals surface area contributed by atoms with Crippen LogP contribution in [0.25, 0.3) is 0 Å². The van der Waals surface area contributed by atoms with Gasteiger partial charge < -0.3 is 15.3 Å². The van der Waals surface area contributed by atoms with E-state index in [0.717, 1.165) is 18.3 Å². The van der Waals surface area contributed by atoms with Gasteiger partial charge in [-0.1, -0.05) is 13.8 Å².